The molecule has 0 radical (unpaired) electrons. The molecule has 2 rings (SSSR count). The Morgan fingerprint density at radius 3 is 3.00 bits per heavy atom. The molecule has 2 aliphatic rings. The molecule has 14 heavy (non-hydrogen) atoms. The van der Waals surface area contributed by atoms with Crippen LogP contribution >= 0.6 is 15.9 Å². The summed E-state index contributed by atoms with van der Waals surface area (Å²) >= 11 is 3.45. The van der Waals surface area contributed by atoms with Gasteiger partial charge in [0.25, 0.3) is 0 Å². The van der Waals surface area contributed by atoms with Crippen LogP contribution in [0.2, 0.25) is 0 Å². The monoisotopic (exact) mass is 260 g/mol. The molecule has 0 amide bonds. The van der Waals surface area contributed by atoms with Gasteiger partial charge in [0.05, 0.1) is 5.57 Å². The van der Waals surface area contributed by atoms with Crippen LogP contribution in [0.5, 0.6) is 0 Å². The van der Waals surface area contributed by atoms with Crippen molar-refractivity contribution in [2.24, 2.45) is 5.92 Å². The van der Waals surface area contributed by atoms with Crippen LogP contribution in [0.15, 0.2) is 12.2 Å². The average molecular weight is 261 g/mol. The normalized spacial score (nSPS) is 41.3. The van der Waals surface area contributed by atoms with Crippen molar-refractivity contribution in [1.82, 2.24) is 0 Å². The molecule has 0 N–H and O–H groups in total. The van der Waals surface area contributed by atoms with Gasteiger partial charge in [0.2, 0.25) is 0 Å². The summed E-state index contributed by atoms with van der Waals surface area (Å²) in [4.78, 5) is 11.4. The molecule has 0 unspecified atom stereocenters. The summed E-state index contributed by atoms with van der Waals surface area (Å²) < 4.78 is 10.8. The minimum Gasteiger partial charge on any atom is -0.455 e. The van der Waals surface area contributed by atoms with E-state index >= 15 is 0 Å². The molecule has 1 aliphatic heterocycles. The molecular formula is C10H13BrO3. The topological polar surface area (TPSA) is 35.5 Å². The van der Waals surface area contributed by atoms with Gasteiger partial charge in [-0.3, -0.25) is 0 Å². The van der Waals surface area contributed by atoms with E-state index in [2.05, 4.69) is 22.5 Å². The highest BCUT2D eigenvalue weighted by Gasteiger charge is 2.60. The van der Waals surface area contributed by atoms with Gasteiger partial charge in [-0.15, -0.1) is 0 Å². The lowest BCUT2D eigenvalue weighted by molar-refractivity contribution is -0.140. The largest absolute Gasteiger partial charge is 0.455 e. The van der Waals surface area contributed by atoms with E-state index in [0.29, 0.717) is 5.57 Å². The number of ether oxygens (including phenoxy) is 2. The Balaban J connectivity index is 2.40. The Morgan fingerprint density at radius 2 is 2.43 bits per heavy atom. The molecule has 1 aliphatic carbocycles. The summed E-state index contributed by atoms with van der Waals surface area (Å²) in [6, 6.07) is 0. The van der Waals surface area contributed by atoms with Gasteiger partial charge in [-0.2, -0.15) is 0 Å². The van der Waals surface area contributed by atoms with Crippen molar-refractivity contribution in [3.05, 3.63) is 12.2 Å². The molecule has 1 saturated carbocycles. The fraction of sp³-hybridized carbons (Fsp3) is 0.700. The van der Waals surface area contributed by atoms with Crippen LogP contribution in [0.3, 0.4) is 0 Å². The van der Waals surface area contributed by atoms with Crippen molar-refractivity contribution >= 4 is 21.9 Å². The third-order valence-corrected chi connectivity index (χ3v) is 4.14. The van der Waals surface area contributed by atoms with Gasteiger partial charge in [-0.05, 0) is 12.8 Å². The van der Waals surface area contributed by atoms with Gasteiger partial charge in [0, 0.05) is 18.4 Å². The summed E-state index contributed by atoms with van der Waals surface area (Å²) in [5, 5.41) is 0.812. The second-order valence-corrected chi connectivity index (χ2v) is 4.45. The van der Waals surface area contributed by atoms with Crippen molar-refractivity contribution < 1.29 is 14.3 Å². The van der Waals surface area contributed by atoms with Crippen LogP contribution in [0.25, 0.3) is 0 Å². The molecule has 2 fully saturated rings. The van der Waals surface area contributed by atoms with Crippen molar-refractivity contribution in [1.29, 1.82) is 0 Å². The molecule has 4 heteroatoms. The molecule has 0 aromatic rings. The maximum Gasteiger partial charge on any atom is 0.336 e. The molecule has 3 nitrogen and oxygen atoms in total. The molecule has 0 aromatic heterocycles. The van der Waals surface area contributed by atoms with E-state index < -0.39 is 5.60 Å². The molecule has 78 valence electrons. The van der Waals surface area contributed by atoms with Crippen LogP contribution in [0.1, 0.15) is 12.8 Å². The maximum absolute atomic E-state index is 11.4. The van der Waals surface area contributed by atoms with Crippen LogP contribution in [-0.2, 0) is 14.3 Å². The summed E-state index contributed by atoms with van der Waals surface area (Å²) in [6.07, 6.45) is 1.75. The quantitative estimate of drug-likeness (QED) is 0.431. The zero-order valence-electron chi connectivity index (χ0n) is 8.09. The number of esters is 1. The van der Waals surface area contributed by atoms with Crippen molar-refractivity contribution in [3.8, 4) is 0 Å². The van der Waals surface area contributed by atoms with E-state index in [0.717, 1.165) is 18.2 Å². The zero-order chi connectivity index (χ0) is 10.3. The predicted octanol–water partition coefficient (Wildman–Crippen LogP) is 1.66. The minimum atomic E-state index is -0.569. The van der Waals surface area contributed by atoms with E-state index in [-0.39, 0.29) is 18.0 Å². The van der Waals surface area contributed by atoms with Crippen molar-refractivity contribution in [2.45, 2.75) is 24.5 Å². The molecule has 1 heterocycles. The lowest BCUT2D eigenvalue weighted by Crippen LogP contribution is -2.43. The van der Waals surface area contributed by atoms with Crippen LogP contribution < -0.4 is 0 Å². The minimum absolute atomic E-state index is 0.130. The number of carbonyl (C=O) groups is 1. The number of hydrogen-bond donors (Lipinski definition) is 0. The highest BCUT2D eigenvalue weighted by Crippen LogP contribution is 2.49. The van der Waals surface area contributed by atoms with Gasteiger partial charge in [0.15, 0.2) is 0 Å². The summed E-state index contributed by atoms with van der Waals surface area (Å²) in [5.74, 6) is -0.0149. The van der Waals surface area contributed by atoms with Gasteiger partial charge < -0.3 is 9.47 Å². The molecule has 3 atom stereocenters. The Kier molecular flexibility index (Phi) is 2.43. The van der Waals surface area contributed by atoms with Crippen molar-refractivity contribution in [3.63, 3.8) is 0 Å². The third kappa shape index (κ3) is 1.04. The first-order chi connectivity index (χ1) is 6.66. The van der Waals surface area contributed by atoms with Crippen LogP contribution in [0.4, 0.5) is 0 Å². The first-order valence-corrected chi connectivity index (χ1v) is 5.80. The van der Waals surface area contributed by atoms with E-state index in [1.54, 1.807) is 7.11 Å². The zero-order valence-corrected chi connectivity index (χ0v) is 9.67. The summed E-state index contributed by atoms with van der Waals surface area (Å²) in [5.41, 5.74) is -0.0902. The number of halogens is 1. The highest BCUT2D eigenvalue weighted by atomic mass is 79.9. The lowest BCUT2D eigenvalue weighted by atomic mass is 9.85. The summed E-state index contributed by atoms with van der Waals surface area (Å²) in [7, 11) is 1.63. The summed E-state index contributed by atoms with van der Waals surface area (Å²) in [6.45, 7) is 3.80. The Morgan fingerprint density at radius 1 is 1.71 bits per heavy atom. The van der Waals surface area contributed by atoms with E-state index in [9.17, 15) is 4.79 Å². The molecule has 0 bridgehead atoms. The third-order valence-electron chi connectivity index (χ3n) is 3.35. The first-order valence-electron chi connectivity index (χ1n) is 4.68. The Labute approximate surface area is 91.6 Å². The molecule has 1 saturated heterocycles. The Hall–Kier alpha value is -0.350. The Bertz CT molecular complexity index is 289. The van der Waals surface area contributed by atoms with Gasteiger partial charge in [0.1, 0.15) is 11.7 Å². The lowest BCUT2D eigenvalue weighted by Gasteiger charge is -2.31. The SMILES string of the molecule is C=C1C(=O)O[C@@H]2CC[C@H](CBr)[C@]12OC. The number of alkyl halides is 1. The maximum atomic E-state index is 11.4. The van der Waals surface area contributed by atoms with Gasteiger partial charge in [-0.25, -0.2) is 4.79 Å². The number of carbonyl (C=O) groups excluding carboxylic acids is 1. The molecule has 0 spiro atoms. The van der Waals surface area contributed by atoms with Gasteiger partial charge in [-0.1, -0.05) is 22.5 Å². The number of fused-ring (bicyclic) bond motifs is 1. The van der Waals surface area contributed by atoms with Crippen LogP contribution in [0, 0.1) is 5.92 Å². The second kappa shape index (κ2) is 3.35. The van der Waals surface area contributed by atoms with E-state index in [4.69, 9.17) is 9.47 Å². The van der Waals surface area contributed by atoms with E-state index in [1.807, 2.05) is 0 Å². The van der Waals surface area contributed by atoms with Crippen LogP contribution in [-0.4, -0.2) is 30.1 Å². The van der Waals surface area contributed by atoms with Gasteiger partial charge >= 0.3 is 5.97 Å². The van der Waals surface area contributed by atoms with Crippen molar-refractivity contribution in [2.75, 3.05) is 12.4 Å². The first kappa shape index (κ1) is 10.2. The molecular weight excluding hydrogens is 248 g/mol. The molecule has 0 aromatic carbocycles. The smallest absolute Gasteiger partial charge is 0.336 e. The number of methoxy groups -OCH3 is 1. The highest BCUT2D eigenvalue weighted by molar-refractivity contribution is 9.09. The standard InChI is InChI=1S/C10H13BrO3/c1-6-9(12)14-8-4-3-7(5-11)10(6,8)13-2/h7-8H,1,3-5H2,2H3/t7-,8-,10-/m1/s1. The fourth-order valence-electron chi connectivity index (χ4n) is 2.60. The predicted molar refractivity (Wildman–Crippen MR) is 55.3 cm³/mol. The second-order valence-electron chi connectivity index (χ2n) is 3.80. The number of rotatable bonds is 2. The average Bonchev–Trinajstić information content (AvgIpc) is 2.65. The fourth-order valence-corrected chi connectivity index (χ4v) is 3.41. The number of hydrogen-bond acceptors (Lipinski definition) is 3. The van der Waals surface area contributed by atoms with E-state index in [1.165, 1.54) is 0 Å².